The van der Waals surface area contributed by atoms with E-state index in [0.29, 0.717) is 11.5 Å². The molecule has 1 amide bonds. The maximum absolute atomic E-state index is 12.4. The predicted molar refractivity (Wildman–Crippen MR) is 95.5 cm³/mol. The molecule has 3 aliphatic rings. The summed E-state index contributed by atoms with van der Waals surface area (Å²) < 4.78 is 17.5. The molecule has 0 radical (unpaired) electrons. The number of carbonyl (C=O) groups excluding carboxylic acids is 2. The van der Waals surface area contributed by atoms with E-state index in [1.165, 1.54) is 34.5 Å². The largest absolute Gasteiger partial charge is 0.457 e. The highest BCUT2D eigenvalue weighted by molar-refractivity contribution is 8.23. The first-order chi connectivity index (χ1) is 11.4. The molecule has 0 spiro atoms. The zero-order valence-electron chi connectivity index (χ0n) is 13.2. The Morgan fingerprint density at radius 3 is 3.00 bits per heavy atom. The number of hydrogen-bond donors (Lipinski definition) is 1. The Balaban J connectivity index is 1.82. The van der Waals surface area contributed by atoms with Gasteiger partial charge in [0, 0.05) is 27.6 Å². The summed E-state index contributed by atoms with van der Waals surface area (Å²) in [6, 6.07) is 0. The predicted octanol–water partition coefficient (Wildman–Crippen LogP) is 1.05. The fourth-order valence-corrected chi connectivity index (χ4v) is 8.16. The Morgan fingerprint density at radius 2 is 2.42 bits per heavy atom. The number of fused-ring (bicyclic) bond motifs is 1. The lowest BCUT2D eigenvalue weighted by atomic mass is 9.92. The second kappa shape index (κ2) is 7.23. The zero-order valence-corrected chi connectivity index (χ0v) is 15.6. The Bertz CT molecular complexity index is 633. The molecule has 0 bridgehead atoms. The summed E-state index contributed by atoms with van der Waals surface area (Å²) in [5.74, 6) is -0.0355. The number of esters is 1. The lowest BCUT2D eigenvalue weighted by Crippen LogP contribution is -2.60. The molecule has 6 nitrogen and oxygen atoms in total. The van der Waals surface area contributed by atoms with Crippen molar-refractivity contribution in [3.8, 4) is 0 Å². The zero-order chi connectivity index (χ0) is 17.4. The third-order valence-corrected chi connectivity index (χ3v) is 8.65. The van der Waals surface area contributed by atoms with Crippen molar-refractivity contribution in [2.24, 2.45) is 5.92 Å². The number of aliphatic hydroxyl groups is 1. The molecule has 1 N–H and O–H groups in total. The third kappa shape index (κ3) is 3.18. The van der Waals surface area contributed by atoms with Gasteiger partial charge in [0.25, 0.3) is 0 Å². The SMILES string of the molecule is C=CCOC(=O)C1=C(S[C@H]2CCS(=O)C2)S[C@@H]2[C@@H]([C@@H](C)O)C(=O)N12. The van der Waals surface area contributed by atoms with E-state index < -0.39 is 28.8 Å². The number of thioether (sulfide) groups is 2. The van der Waals surface area contributed by atoms with Gasteiger partial charge in [0.2, 0.25) is 5.91 Å². The highest BCUT2D eigenvalue weighted by atomic mass is 32.2. The first-order valence-corrected chi connectivity index (χ1v) is 10.9. The summed E-state index contributed by atoms with van der Waals surface area (Å²) in [4.78, 5) is 26.2. The summed E-state index contributed by atoms with van der Waals surface area (Å²) in [5.41, 5.74) is 0.261. The molecule has 2 fully saturated rings. The first kappa shape index (κ1) is 18.0. The summed E-state index contributed by atoms with van der Waals surface area (Å²) in [6.07, 6.45) is 1.54. The smallest absolute Gasteiger partial charge is 0.357 e. The summed E-state index contributed by atoms with van der Waals surface area (Å²) >= 11 is 2.92. The highest BCUT2D eigenvalue weighted by Crippen LogP contribution is 2.55. The van der Waals surface area contributed by atoms with Gasteiger partial charge in [-0.15, -0.1) is 11.8 Å². The molecule has 2 saturated heterocycles. The highest BCUT2D eigenvalue weighted by Gasteiger charge is 2.58. The second-order valence-corrected chi connectivity index (χ2v) is 10.2. The molecule has 0 aliphatic carbocycles. The quantitative estimate of drug-likeness (QED) is 0.413. The van der Waals surface area contributed by atoms with Gasteiger partial charge < -0.3 is 9.84 Å². The van der Waals surface area contributed by atoms with Crippen LogP contribution in [-0.4, -0.2) is 60.9 Å². The van der Waals surface area contributed by atoms with Crippen LogP contribution < -0.4 is 0 Å². The molecular weight excluding hydrogens is 370 g/mol. The number of rotatable bonds is 6. The van der Waals surface area contributed by atoms with E-state index in [9.17, 15) is 18.9 Å². The standard InChI is InChI=1S/C15H19NO5S3/c1-3-5-21-14(19)11-15(22-9-4-6-24(20)7-9)23-13-10(8(2)17)12(18)16(11)13/h3,8-10,13,17H,1,4-7H2,2H3/t8-,9+,10+,13-,24?/m1/s1. The Hall–Kier alpha value is -0.770. The minimum Gasteiger partial charge on any atom is -0.457 e. The monoisotopic (exact) mass is 389 g/mol. The average Bonchev–Trinajstić information content (AvgIpc) is 3.06. The van der Waals surface area contributed by atoms with Crippen LogP contribution in [-0.2, 0) is 25.1 Å². The minimum atomic E-state index is -0.806. The van der Waals surface area contributed by atoms with Crippen LogP contribution in [0.4, 0.5) is 0 Å². The molecule has 3 aliphatic heterocycles. The van der Waals surface area contributed by atoms with Crippen LogP contribution >= 0.6 is 23.5 Å². The molecular formula is C15H19NO5S3. The summed E-state index contributed by atoms with van der Waals surface area (Å²) in [7, 11) is -0.806. The van der Waals surface area contributed by atoms with Crippen molar-refractivity contribution in [3.63, 3.8) is 0 Å². The lowest BCUT2D eigenvalue weighted by molar-refractivity contribution is -0.157. The van der Waals surface area contributed by atoms with Crippen molar-refractivity contribution in [1.29, 1.82) is 0 Å². The average molecular weight is 390 g/mol. The van der Waals surface area contributed by atoms with E-state index in [0.717, 1.165) is 10.7 Å². The van der Waals surface area contributed by atoms with Crippen molar-refractivity contribution in [3.05, 3.63) is 22.6 Å². The van der Waals surface area contributed by atoms with E-state index in [4.69, 9.17) is 4.74 Å². The molecule has 3 heterocycles. The number of amides is 1. The van der Waals surface area contributed by atoms with Gasteiger partial charge in [-0.25, -0.2) is 4.79 Å². The molecule has 5 atom stereocenters. The van der Waals surface area contributed by atoms with Gasteiger partial charge in [0.05, 0.1) is 16.3 Å². The van der Waals surface area contributed by atoms with Crippen molar-refractivity contribution >= 4 is 46.2 Å². The fourth-order valence-electron chi connectivity index (χ4n) is 2.91. The van der Waals surface area contributed by atoms with Crippen LogP contribution in [0, 0.1) is 5.92 Å². The molecule has 0 aromatic carbocycles. The number of ether oxygens (including phenoxy) is 1. The van der Waals surface area contributed by atoms with Gasteiger partial charge in [-0.2, -0.15) is 0 Å². The van der Waals surface area contributed by atoms with E-state index in [1.807, 2.05) is 0 Å². The van der Waals surface area contributed by atoms with Crippen LogP contribution in [0.25, 0.3) is 0 Å². The second-order valence-electron chi connectivity index (χ2n) is 5.85. The van der Waals surface area contributed by atoms with Crippen LogP contribution in [0.15, 0.2) is 22.6 Å². The van der Waals surface area contributed by atoms with Gasteiger partial charge in [-0.05, 0) is 13.3 Å². The summed E-state index contributed by atoms with van der Waals surface area (Å²) in [5, 5.41) is 9.72. The number of β-lactam (4-membered cyclic amide) rings is 1. The summed E-state index contributed by atoms with van der Waals surface area (Å²) in [6.45, 7) is 5.18. The lowest BCUT2D eigenvalue weighted by Gasteiger charge is -2.43. The van der Waals surface area contributed by atoms with E-state index in [2.05, 4.69) is 6.58 Å². The van der Waals surface area contributed by atoms with Crippen LogP contribution in [0.1, 0.15) is 13.3 Å². The third-order valence-electron chi connectivity index (χ3n) is 4.10. The van der Waals surface area contributed by atoms with Gasteiger partial charge in [-0.3, -0.25) is 13.9 Å². The van der Waals surface area contributed by atoms with Crippen LogP contribution in [0.3, 0.4) is 0 Å². The Kier molecular flexibility index (Phi) is 5.43. The fraction of sp³-hybridized carbons (Fsp3) is 0.600. The van der Waals surface area contributed by atoms with Gasteiger partial charge in [-0.1, -0.05) is 24.4 Å². The molecule has 0 saturated carbocycles. The molecule has 3 rings (SSSR count). The van der Waals surface area contributed by atoms with E-state index in [-0.39, 0.29) is 28.8 Å². The Labute approximate surface area is 151 Å². The number of aliphatic hydroxyl groups excluding tert-OH is 1. The molecule has 132 valence electrons. The van der Waals surface area contributed by atoms with Crippen molar-refractivity contribution in [2.75, 3.05) is 18.1 Å². The normalized spacial score (nSPS) is 33.2. The molecule has 9 heteroatoms. The van der Waals surface area contributed by atoms with Gasteiger partial charge >= 0.3 is 5.97 Å². The van der Waals surface area contributed by atoms with Gasteiger partial charge in [0.15, 0.2) is 5.70 Å². The molecule has 1 unspecified atom stereocenters. The van der Waals surface area contributed by atoms with Crippen LogP contribution in [0.5, 0.6) is 0 Å². The minimum absolute atomic E-state index is 0.0743. The van der Waals surface area contributed by atoms with Crippen LogP contribution in [0.2, 0.25) is 0 Å². The first-order valence-electron chi connectivity index (χ1n) is 7.65. The topological polar surface area (TPSA) is 83.9 Å². The maximum atomic E-state index is 12.4. The van der Waals surface area contributed by atoms with Crippen molar-refractivity contribution in [2.45, 2.75) is 30.1 Å². The molecule has 0 aromatic heterocycles. The maximum Gasteiger partial charge on any atom is 0.357 e. The van der Waals surface area contributed by atoms with E-state index in [1.54, 1.807) is 6.92 Å². The van der Waals surface area contributed by atoms with Crippen molar-refractivity contribution < 1.29 is 23.6 Å². The van der Waals surface area contributed by atoms with Crippen molar-refractivity contribution in [1.82, 2.24) is 4.90 Å². The van der Waals surface area contributed by atoms with E-state index >= 15 is 0 Å². The number of carbonyl (C=O) groups is 2. The molecule has 24 heavy (non-hydrogen) atoms. The Morgan fingerprint density at radius 1 is 1.67 bits per heavy atom. The number of nitrogens with zero attached hydrogens (tertiary/aromatic N) is 1. The van der Waals surface area contributed by atoms with Gasteiger partial charge in [0.1, 0.15) is 12.0 Å². The molecule has 0 aromatic rings. The number of hydrogen-bond acceptors (Lipinski definition) is 7.